The minimum absolute atomic E-state index is 0.203. The van der Waals surface area contributed by atoms with Crippen LogP contribution in [0.25, 0.3) is 6.08 Å². The van der Waals surface area contributed by atoms with Gasteiger partial charge in [-0.1, -0.05) is 30.0 Å². The summed E-state index contributed by atoms with van der Waals surface area (Å²) in [7, 11) is 4.79. The standard InChI is InChI=1S/C27H26N2O5S/c1-32-20-6-4-5-18(13-20)15-25-27(31)29-21-16-19(8-10-24(21)35-25)26(30)28-12-11-17-7-9-22(33-2)23(14-17)34-3/h4-10,13-16H,11-12H2,1-3H3,(H,28,30)(H,29,31)/b25-15+. The highest BCUT2D eigenvalue weighted by Gasteiger charge is 2.22. The van der Waals surface area contributed by atoms with Gasteiger partial charge in [0.25, 0.3) is 11.8 Å². The van der Waals surface area contributed by atoms with Crippen molar-refractivity contribution in [1.29, 1.82) is 0 Å². The van der Waals surface area contributed by atoms with Crippen LogP contribution in [0.3, 0.4) is 0 Å². The largest absolute Gasteiger partial charge is 0.497 e. The number of nitrogens with one attached hydrogen (secondary N) is 2. The molecule has 1 heterocycles. The van der Waals surface area contributed by atoms with Crippen LogP contribution in [0.2, 0.25) is 0 Å². The van der Waals surface area contributed by atoms with Gasteiger partial charge in [-0.15, -0.1) is 0 Å². The van der Waals surface area contributed by atoms with E-state index in [0.717, 1.165) is 21.8 Å². The summed E-state index contributed by atoms with van der Waals surface area (Å²) < 4.78 is 15.8. The number of fused-ring (bicyclic) bond motifs is 1. The van der Waals surface area contributed by atoms with Gasteiger partial charge in [0, 0.05) is 17.0 Å². The lowest BCUT2D eigenvalue weighted by Gasteiger charge is -2.19. The van der Waals surface area contributed by atoms with E-state index in [-0.39, 0.29) is 11.8 Å². The first kappa shape index (κ1) is 24.2. The van der Waals surface area contributed by atoms with Gasteiger partial charge in [-0.3, -0.25) is 9.59 Å². The van der Waals surface area contributed by atoms with Crippen LogP contribution in [-0.2, 0) is 11.2 Å². The highest BCUT2D eigenvalue weighted by molar-refractivity contribution is 8.04. The van der Waals surface area contributed by atoms with Crippen LogP contribution in [0.5, 0.6) is 17.2 Å². The van der Waals surface area contributed by atoms with Crippen LogP contribution in [0, 0.1) is 0 Å². The number of ether oxygens (including phenoxy) is 3. The van der Waals surface area contributed by atoms with Gasteiger partial charge in [0.15, 0.2) is 11.5 Å². The lowest BCUT2D eigenvalue weighted by Crippen LogP contribution is -2.26. The zero-order valence-corrected chi connectivity index (χ0v) is 20.5. The number of hydrogen-bond donors (Lipinski definition) is 2. The predicted octanol–water partition coefficient (Wildman–Crippen LogP) is 4.77. The summed E-state index contributed by atoms with van der Waals surface area (Å²) in [5.74, 6) is 1.62. The average molecular weight is 491 g/mol. The fourth-order valence-corrected chi connectivity index (χ4v) is 4.57. The molecular formula is C27H26N2O5S. The quantitative estimate of drug-likeness (QED) is 0.443. The Morgan fingerprint density at radius 1 is 0.971 bits per heavy atom. The van der Waals surface area contributed by atoms with Gasteiger partial charge in [-0.05, 0) is 66.1 Å². The number of hydrogen-bond acceptors (Lipinski definition) is 6. The number of anilines is 1. The zero-order chi connectivity index (χ0) is 24.8. The minimum atomic E-state index is -0.212. The molecule has 3 aromatic carbocycles. The molecule has 2 amide bonds. The van der Waals surface area contributed by atoms with E-state index in [9.17, 15) is 9.59 Å². The fourth-order valence-electron chi connectivity index (χ4n) is 3.64. The van der Waals surface area contributed by atoms with E-state index >= 15 is 0 Å². The summed E-state index contributed by atoms with van der Waals surface area (Å²) in [4.78, 5) is 26.8. The smallest absolute Gasteiger partial charge is 0.262 e. The van der Waals surface area contributed by atoms with E-state index in [1.165, 1.54) is 11.8 Å². The van der Waals surface area contributed by atoms with E-state index in [4.69, 9.17) is 14.2 Å². The molecule has 0 saturated heterocycles. The molecule has 7 nitrogen and oxygen atoms in total. The van der Waals surface area contributed by atoms with Crippen molar-refractivity contribution in [3.8, 4) is 17.2 Å². The second kappa shape index (κ2) is 11.0. The molecule has 2 N–H and O–H groups in total. The Balaban J connectivity index is 1.40. The number of rotatable bonds is 8. The topological polar surface area (TPSA) is 85.9 Å². The number of thioether (sulfide) groups is 1. The van der Waals surface area contributed by atoms with Crippen LogP contribution >= 0.6 is 11.8 Å². The Morgan fingerprint density at radius 3 is 2.57 bits per heavy atom. The Hall–Kier alpha value is -3.91. The number of carbonyl (C=O) groups is 2. The van der Waals surface area contributed by atoms with Crippen molar-refractivity contribution in [3.63, 3.8) is 0 Å². The van der Waals surface area contributed by atoms with Gasteiger partial charge in [0.05, 0.1) is 31.9 Å². The fraction of sp³-hybridized carbons (Fsp3) is 0.185. The molecule has 0 unspecified atom stereocenters. The summed E-state index contributed by atoms with van der Waals surface area (Å²) >= 11 is 1.37. The maximum Gasteiger partial charge on any atom is 0.262 e. The summed E-state index contributed by atoms with van der Waals surface area (Å²) in [5.41, 5.74) is 3.00. The van der Waals surface area contributed by atoms with Crippen LogP contribution < -0.4 is 24.8 Å². The number of amides is 2. The van der Waals surface area contributed by atoms with Crippen LogP contribution in [0.1, 0.15) is 21.5 Å². The van der Waals surface area contributed by atoms with Crippen LogP contribution in [-0.4, -0.2) is 39.7 Å². The summed E-state index contributed by atoms with van der Waals surface area (Å²) in [6, 6.07) is 18.5. The van der Waals surface area contributed by atoms with Crippen molar-refractivity contribution < 1.29 is 23.8 Å². The van der Waals surface area contributed by atoms with Crippen molar-refractivity contribution in [2.75, 3.05) is 33.2 Å². The molecule has 0 fully saturated rings. The van der Waals surface area contributed by atoms with Gasteiger partial charge in [-0.2, -0.15) is 0 Å². The Bertz CT molecular complexity index is 1290. The molecule has 1 aliphatic heterocycles. The molecule has 4 rings (SSSR count). The van der Waals surface area contributed by atoms with E-state index in [0.29, 0.717) is 40.6 Å². The van der Waals surface area contributed by atoms with Crippen molar-refractivity contribution in [3.05, 3.63) is 82.3 Å². The monoisotopic (exact) mass is 490 g/mol. The lowest BCUT2D eigenvalue weighted by atomic mass is 10.1. The molecular weight excluding hydrogens is 464 g/mol. The molecule has 0 spiro atoms. The molecule has 0 saturated carbocycles. The summed E-state index contributed by atoms with van der Waals surface area (Å²) in [6.45, 7) is 0.458. The van der Waals surface area contributed by atoms with Gasteiger partial charge in [0.1, 0.15) is 5.75 Å². The maximum atomic E-state index is 12.7. The molecule has 0 radical (unpaired) electrons. The summed E-state index contributed by atoms with van der Waals surface area (Å²) in [6.07, 6.45) is 2.46. The minimum Gasteiger partial charge on any atom is -0.497 e. The van der Waals surface area contributed by atoms with E-state index < -0.39 is 0 Å². The number of methoxy groups -OCH3 is 3. The van der Waals surface area contributed by atoms with Gasteiger partial charge in [0.2, 0.25) is 0 Å². The van der Waals surface area contributed by atoms with Crippen LogP contribution in [0.4, 0.5) is 5.69 Å². The lowest BCUT2D eigenvalue weighted by molar-refractivity contribution is -0.112. The molecule has 35 heavy (non-hydrogen) atoms. The number of benzene rings is 3. The third-order valence-electron chi connectivity index (χ3n) is 5.47. The highest BCUT2D eigenvalue weighted by Crippen LogP contribution is 2.39. The molecule has 0 atom stereocenters. The Labute approximate surface area is 208 Å². The second-order valence-corrected chi connectivity index (χ2v) is 8.83. The van der Waals surface area contributed by atoms with Crippen molar-refractivity contribution in [2.24, 2.45) is 0 Å². The molecule has 0 aromatic heterocycles. The molecule has 3 aromatic rings. The average Bonchev–Trinajstić information content (AvgIpc) is 2.88. The summed E-state index contributed by atoms with van der Waals surface area (Å²) in [5, 5.41) is 5.82. The van der Waals surface area contributed by atoms with Crippen LogP contribution in [0.15, 0.2) is 70.5 Å². The normalized spacial score (nSPS) is 13.6. The molecule has 1 aliphatic rings. The van der Waals surface area contributed by atoms with Crippen molar-refractivity contribution in [1.82, 2.24) is 5.32 Å². The van der Waals surface area contributed by atoms with Gasteiger partial charge < -0.3 is 24.8 Å². The first-order valence-electron chi connectivity index (χ1n) is 11.0. The van der Waals surface area contributed by atoms with E-state index in [1.54, 1.807) is 33.5 Å². The third kappa shape index (κ3) is 5.78. The van der Waals surface area contributed by atoms with E-state index in [2.05, 4.69) is 10.6 Å². The van der Waals surface area contributed by atoms with Gasteiger partial charge in [-0.25, -0.2) is 0 Å². The Kier molecular flexibility index (Phi) is 7.62. The van der Waals surface area contributed by atoms with Crippen molar-refractivity contribution in [2.45, 2.75) is 11.3 Å². The first-order valence-corrected chi connectivity index (χ1v) is 11.8. The third-order valence-corrected chi connectivity index (χ3v) is 6.57. The Morgan fingerprint density at radius 2 is 1.80 bits per heavy atom. The zero-order valence-electron chi connectivity index (χ0n) is 19.7. The van der Waals surface area contributed by atoms with E-state index in [1.807, 2.05) is 54.6 Å². The molecule has 8 heteroatoms. The maximum absolute atomic E-state index is 12.7. The number of carbonyl (C=O) groups excluding carboxylic acids is 2. The predicted molar refractivity (Wildman–Crippen MR) is 137 cm³/mol. The molecule has 0 bridgehead atoms. The van der Waals surface area contributed by atoms with Crippen molar-refractivity contribution >= 4 is 35.3 Å². The second-order valence-electron chi connectivity index (χ2n) is 7.75. The highest BCUT2D eigenvalue weighted by atomic mass is 32.2. The van der Waals surface area contributed by atoms with Gasteiger partial charge >= 0.3 is 0 Å². The SMILES string of the molecule is COc1cccc(/C=C2/Sc3ccc(C(=O)NCCc4ccc(OC)c(OC)c4)cc3NC2=O)c1. The first-order chi connectivity index (χ1) is 17.0. The molecule has 180 valence electrons. The molecule has 0 aliphatic carbocycles.